The van der Waals surface area contributed by atoms with Crippen molar-refractivity contribution in [3.8, 4) is 0 Å². The molecule has 114 valence electrons. The van der Waals surface area contributed by atoms with E-state index < -0.39 is 9.84 Å². The van der Waals surface area contributed by atoms with E-state index in [1.807, 2.05) is 38.1 Å². The Labute approximate surface area is 127 Å². The summed E-state index contributed by atoms with van der Waals surface area (Å²) in [6.45, 7) is 5.62. The van der Waals surface area contributed by atoms with Crippen LogP contribution in [0.2, 0.25) is 5.02 Å². The smallest absolute Gasteiger partial charge is 0.150 e. The van der Waals surface area contributed by atoms with Gasteiger partial charge in [0.25, 0.3) is 0 Å². The second kappa shape index (κ2) is 8.65. The standard InChI is InChI=1S/C15H24ClNO2S/c1-3-10-20(18,19)11-9-14(12-17-4-2)13-5-7-15(16)8-6-13/h5-8,14,17H,3-4,9-12H2,1-2H3. The highest BCUT2D eigenvalue weighted by molar-refractivity contribution is 7.91. The molecule has 0 aliphatic rings. The molecule has 0 aliphatic carbocycles. The van der Waals surface area contributed by atoms with Crippen LogP contribution >= 0.6 is 11.6 Å². The van der Waals surface area contributed by atoms with Crippen molar-refractivity contribution in [1.82, 2.24) is 5.32 Å². The third-order valence-electron chi connectivity index (χ3n) is 3.27. The SMILES string of the molecule is CCCS(=O)(=O)CCC(CNCC)c1ccc(Cl)cc1. The van der Waals surface area contributed by atoms with Gasteiger partial charge in [0.15, 0.2) is 0 Å². The summed E-state index contributed by atoms with van der Waals surface area (Å²) < 4.78 is 23.7. The summed E-state index contributed by atoms with van der Waals surface area (Å²) in [6, 6.07) is 7.68. The highest BCUT2D eigenvalue weighted by Gasteiger charge is 2.16. The van der Waals surface area contributed by atoms with Crippen molar-refractivity contribution in [1.29, 1.82) is 0 Å². The molecular formula is C15H24ClNO2S. The molecule has 1 aromatic rings. The molecule has 0 saturated carbocycles. The topological polar surface area (TPSA) is 46.2 Å². The van der Waals surface area contributed by atoms with Crippen LogP contribution in [0.1, 0.15) is 38.2 Å². The van der Waals surface area contributed by atoms with Crippen molar-refractivity contribution in [3.05, 3.63) is 34.9 Å². The maximum Gasteiger partial charge on any atom is 0.150 e. The number of nitrogens with one attached hydrogen (secondary N) is 1. The second-order valence-corrected chi connectivity index (χ2v) is 7.74. The number of sulfone groups is 1. The van der Waals surface area contributed by atoms with E-state index in [1.54, 1.807) is 0 Å². The number of rotatable bonds is 9. The first kappa shape index (κ1) is 17.5. The van der Waals surface area contributed by atoms with Crippen LogP contribution in [-0.4, -0.2) is 33.0 Å². The van der Waals surface area contributed by atoms with E-state index in [4.69, 9.17) is 11.6 Å². The van der Waals surface area contributed by atoms with Crippen molar-refractivity contribution in [2.75, 3.05) is 24.6 Å². The van der Waals surface area contributed by atoms with Crippen molar-refractivity contribution < 1.29 is 8.42 Å². The number of halogens is 1. The fourth-order valence-electron chi connectivity index (χ4n) is 2.17. The third kappa shape index (κ3) is 6.25. The van der Waals surface area contributed by atoms with Crippen molar-refractivity contribution >= 4 is 21.4 Å². The molecule has 1 unspecified atom stereocenters. The van der Waals surface area contributed by atoms with Crippen LogP contribution in [0.5, 0.6) is 0 Å². The predicted octanol–water partition coefficient (Wildman–Crippen LogP) is 3.25. The van der Waals surface area contributed by atoms with Crippen LogP contribution in [0.15, 0.2) is 24.3 Å². The molecule has 0 radical (unpaired) electrons. The summed E-state index contributed by atoms with van der Waals surface area (Å²) in [5.41, 5.74) is 1.14. The van der Waals surface area contributed by atoms with Crippen LogP contribution in [0.25, 0.3) is 0 Å². The van der Waals surface area contributed by atoms with Gasteiger partial charge in [-0.1, -0.05) is 37.6 Å². The van der Waals surface area contributed by atoms with Crippen LogP contribution in [-0.2, 0) is 9.84 Å². The Morgan fingerprint density at radius 3 is 2.35 bits per heavy atom. The summed E-state index contributed by atoms with van der Waals surface area (Å²) in [6.07, 6.45) is 1.33. The van der Waals surface area contributed by atoms with Crippen LogP contribution in [0.3, 0.4) is 0 Å². The van der Waals surface area contributed by atoms with E-state index in [-0.39, 0.29) is 17.4 Å². The lowest BCUT2D eigenvalue weighted by atomic mass is 9.96. The molecule has 3 nitrogen and oxygen atoms in total. The zero-order chi connectivity index (χ0) is 15.0. The first-order valence-corrected chi connectivity index (χ1v) is 9.35. The third-order valence-corrected chi connectivity index (χ3v) is 5.41. The number of likely N-dealkylation sites (N-methyl/N-ethyl adjacent to an activating group) is 1. The van der Waals surface area contributed by atoms with Gasteiger partial charge in [-0.3, -0.25) is 0 Å². The lowest BCUT2D eigenvalue weighted by molar-refractivity contribution is 0.563. The van der Waals surface area contributed by atoms with Gasteiger partial charge in [-0.2, -0.15) is 0 Å². The van der Waals surface area contributed by atoms with E-state index in [0.29, 0.717) is 17.9 Å². The number of benzene rings is 1. The Hall–Kier alpha value is -0.580. The molecule has 0 spiro atoms. The molecule has 0 aromatic heterocycles. The molecule has 0 bridgehead atoms. The van der Waals surface area contributed by atoms with Gasteiger partial charge in [0, 0.05) is 17.3 Å². The molecule has 0 aliphatic heterocycles. The predicted molar refractivity (Wildman–Crippen MR) is 86.3 cm³/mol. The Bertz CT molecular complexity index is 485. The summed E-state index contributed by atoms with van der Waals surface area (Å²) in [7, 11) is -2.92. The number of hydrogen-bond donors (Lipinski definition) is 1. The summed E-state index contributed by atoms with van der Waals surface area (Å²) in [4.78, 5) is 0. The van der Waals surface area contributed by atoms with Crippen molar-refractivity contribution in [2.24, 2.45) is 0 Å². The average molecular weight is 318 g/mol. The molecule has 1 N–H and O–H groups in total. The lowest BCUT2D eigenvalue weighted by Crippen LogP contribution is -2.23. The van der Waals surface area contributed by atoms with Gasteiger partial charge < -0.3 is 5.32 Å². The molecule has 0 heterocycles. The first-order chi connectivity index (χ1) is 9.48. The Morgan fingerprint density at radius 1 is 1.15 bits per heavy atom. The van der Waals surface area contributed by atoms with Gasteiger partial charge in [-0.25, -0.2) is 8.42 Å². The van der Waals surface area contributed by atoms with E-state index in [0.717, 1.165) is 18.7 Å². The minimum absolute atomic E-state index is 0.207. The largest absolute Gasteiger partial charge is 0.316 e. The summed E-state index contributed by atoms with van der Waals surface area (Å²) >= 11 is 5.90. The van der Waals surface area contributed by atoms with Gasteiger partial charge in [-0.05, 0) is 43.0 Å². The Morgan fingerprint density at radius 2 is 1.80 bits per heavy atom. The Balaban J connectivity index is 2.72. The molecule has 5 heteroatoms. The van der Waals surface area contributed by atoms with E-state index in [2.05, 4.69) is 5.32 Å². The maximum atomic E-state index is 11.9. The molecule has 20 heavy (non-hydrogen) atoms. The van der Waals surface area contributed by atoms with E-state index >= 15 is 0 Å². The minimum Gasteiger partial charge on any atom is -0.316 e. The fourth-order valence-corrected chi connectivity index (χ4v) is 3.77. The van der Waals surface area contributed by atoms with Crippen LogP contribution in [0, 0.1) is 0 Å². The second-order valence-electron chi connectivity index (χ2n) is 5.00. The highest BCUT2D eigenvalue weighted by atomic mass is 35.5. The van der Waals surface area contributed by atoms with Gasteiger partial charge in [0.2, 0.25) is 0 Å². The number of hydrogen-bond acceptors (Lipinski definition) is 3. The summed E-state index contributed by atoms with van der Waals surface area (Å²) in [5.74, 6) is 0.736. The Kier molecular flexibility index (Phi) is 7.56. The molecule has 0 fully saturated rings. The van der Waals surface area contributed by atoms with Gasteiger partial charge >= 0.3 is 0 Å². The molecule has 0 amide bonds. The zero-order valence-corrected chi connectivity index (χ0v) is 13.8. The lowest BCUT2D eigenvalue weighted by Gasteiger charge is -2.18. The molecular weight excluding hydrogens is 294 g/mol. The van der Waals surface area contributed by atoms with Gasteiger partial charge in [0.05, 0.1) is 5.75 Å². The fraction of sp³-hybridized carbons (Fsp3) is 0.600. The zero-order valence-electron chi connectivity index (χ0n) is 12.2. The minimum atomic E-state index is -2.92. The molecule has 0 saturated heterocycles. The molecule has 1 atom stereocenters. The van der Waals surface area contributed by atoms with Crippen LogP contribution in [0.4, 0.5) is 0 Å². The van der Waals surface area contributed by atoms with Gasteiger partial charge in [0.1, 0.15) is 9.84 Å². The molecule has 1 rings (SSSR count). The average Bonchev–Trinajstić information content (AvgIpc) is 2.40. The van der Waals surface area contributed by atoms with Crippen molar-refractivity contribution in [3.63, 3.8) is 0 Å². The van der Waals surface area contributed by atoms with Crippen molar-refractivity contribution in [2.45, 2.75) is 32.6 Å². The van der Waals surface area contributed by atoms with Gasteiger partial charge in [-0.15, -0.1) is 0 Å². The quantitative estimate of drug-likeness (QED) is 0.760. The van der Waals surface area contributed by atoms with E-state index in [1.165, 1.54) is 0 Å². The highest BCUT2D eigenvalue weighted by Crippen LogP contribution is 2.22. The molecule has 1 aromatic carbocycles. The monoisotopic (exact) mass is 317 g/mol. The maximum absolute atomic E-state index is 11.9. The first-order valence-electron chi connectivity index (χ1n) is 7.15. The normalized spacial score (nSPS) is 13.3. The van der Waals surface area contributed by atoms with Crippen LogP contribution < -0.4 is 5.32 Å². The summed E-state index contributed by atoms with van der Waals surface area (Å²) in [5, 5.41) is 4.01. The van der Waals surface area contributed by atoms with E-state index in [9.17, 15) is 8.42 Å².